The largest absolute Gasteiger partial charge is 0.330 e. The zero-order valence-electron chi connectivity index (χ0n) is 10.2. The summed E-state index contributed by atoms with van der Waals surface area (Å²) in [6.45, 7) is 4.54. The predicted molar refractivity (Wildman–Crippen MR) is 66.0 cm³/mol. The molecular formula is C12H17N5. The van der Waals surface area contributed by atoms with Crippen molar-refractivity contribution in [1.82, 2.24) is 19.7 Å². The van der Waals surface area contributed by atoms with Crippen LogP contribution in [0.2, 0.25) is 0 Å². The average molecular weight is 231 g/mol. The van der Waals surface area contributed by atoms with Crippen molar-refractivity contribution >= 4 is 0 Å². The summed E-state index contributed by atoms with van der Waals surface area (Å²) in [7, 11) is 0. The standard InChI is InChI=1S/C12H17N5/c1-9-6-12(16-10(2)15-9)17-8-11(7-14-17)4-3-5-13/h6-8H,3-5,13H2,1-2H3. The van der Waals surface area contributed by atoms with Gasteiger partial charge in [0.05, 0.1) is 6.20 Å². The van der Waals surface area contributed by atoms with Crippen molar-refractivity contribution < 1.29 is 0 Å². The van der Waals surface area contributed by atoms with Crippen molar-refractivity contribution in [2.75, 3.05) is 6.54 Å². The molecule has 0 spiro atoms. The van der Waals surface area contributed by atoms with Crippen LogP contribution in [-0.2, 0) is 6.42 Å². The molecule has 2 rings (SSSR count). The molecule has 0 aliphatic heterocycles. The van der Waals surface area contributed by atoms with Crippen molar-refractivity contribution in [3.8, 4) is 5.82 Å². The summed E-state index contributed by atoms with van der Waals surface area (Å²) in [6, 6.07) is 1.92. The van der Waals surface area contributed by atoms with E-state index in [9.17, 15) is 0 Å². The number of aryl methyl sites for hydroxylation is 3. The van der Waals surface area contributed by atoms with Crippen LogP contribution in [0.15, 0.2) is 18.5 Å². The fourth-order valence-electron chi connectivity index (χ4n) is 1.74. The lowest BCUT2D eigenvalue weighted by atomic mass is 10.2. The summed E-state index contributed by atoms with van der Waals surface area (Å²) in [5, 5.41) is 4.31. The van der Waals surface area contributed by atoms with Gasteiger partial charge in [-0.05, 0) is 38.8 Å². The van der Waals surface area contributed by atoms with Crippen molar-refractivity contribution in [2.24, 2.45) is 5.73 Å². The Balaban J connectivity index is 2.24. The number of nitrogens with zero attached hydrogens (tertiary/aromatic N) is 4. The summed E-state index contributed by atoms with van der Waals surface area (Å²) in [6.07, 6.45) is 5.80. The van der Waals surface area contributed by atoms with Crippen LogP contribution in [-0.4, -0.2) is 26.3 Å². The van der Waals surface area contributed by atoms with Gasteiger partial charge in [-0.2, -0.15) is 5.10 Å². The van der Waals surface area contributed by atoms with E-state index in [0.717, 1.165) is 30.2 Å². The Bertz CT molecular complexity index is 483. The highest BCUT2D eigenvalue weighted by molar-refractivity contribution is 5.25. The Hall–Kier alpha value is -1.75. The number of hydrogen-bond acceptors (Lipinski definition) is 4. The molecule has 5 heteroatoms. The normalized spacial score (nSPS) is 10.8. The number of aromatic nitrogens is 4. The zero-order valence-corrected chi connectivity index (χ0v) is 10.2. The van der Waals surface area contributed by atoms with Gasteiger partial charge in [-0.3, -0.25) is 0 Å². The van der Waals surface area contributed by atoms with Gasteiger partial charge in [0.25, 0.3) is 0 Å². The Morgan fingerprint density at radius 2 is 2.12 bits per heavy atom. The molecule has 0 fully saturated rings. The molecule has 5 nitrogen and oxygen atoms in total. The van der Waals surface area contributed by atoms with Crippen LogP contribution in [0.3, 0.4) is 0 Å². The van der Waals surface area contributed by atoms with Gasteiger partial charge in [0.2, 0.25) is 0 Å². The van der Waals surface area contributed by atoms with Gasteiger partial charge >= 0.3 is 0 Å². The molecular weight excluding hydrogens is 214 g/mol. The third-order valence-corrected chi connectivity index (χ3v) is 2.49. The van der Waals surface area contributed by atoms with Gasteiger partial charge in [0, 0.05) is 18.0 Å². The maximum atomic E-state index is 5.49. The summed E-state index contributed by atoms with van der Waals surface area (Å²) >= 11 is 0. The molecule has 0 radical (unpaired) electrons. The van der Waals surface area contributed by atoms with E-state index in [1.807, 2.05) is 32.3 Å². The van der Waals surface area contributed by atoms with Crippen LogP contribution in [0.5, 0.6) is 0 Å². The Labute approximate surface area is 101 Å². The van der Waals surface area contributed by atoms with Crippen LogP contribution in [0.25, 0.3) is 5.82 Å². The third kappa shape index (κ3) is 2.88. The lowest BCUT2D eigenvalue weighted by molar-refractivity contribution is 0.816. The van der Waals surface area contributed by atoms with Gasteiger partial charge in [0.1, 0.15) is 5.82 Å². The van der Waals surface area contributed by atoms with Gasteiger partial charge in [-0.15, -0.1) is 0 Å². The minimum absolute atomic E-state index is 0.705. The van der Waals surface area contributed by atoms with Gasteiger partial charge in [-0.1, -0.05) is 0 Å². The Morgan fingerprint density at radius 3 is 2.82 bits per heavy atom. The van der Waals surface area contributed by atoms with Crippen molar-refractivity contribution in [1.29, 1.82) is 0 Å². The lowest BCUT2D eigenvalue weighted by Crippen LogP contribution is -2.02. The highest BCUT2D eigenvalue weighted by Crippen LogP contribution is 2.08. The molecule has 2 aromatic rings. The molecule has 0 unspecified atom stereocenters. The number of nitrogens with two attached hydrogens (primary N) is 1. The molecule has 0 bridgehead atoms. The van der Waals surface area contributed by atoms with E-state index >= 15 is 0 Å². The van der Waals surface area contributed by atoms with E-state index in [1.54, 1.807) is 4.68 Å². The predicted octanol–water partition coefficient (Wildman–Crippen LogP) is 1.17. The first-order valence-electron chi connectivity index (χ1n) is 5.75. The minimum atomic E-state index is 0.705. The van der Waals surface area contributed by atoms with Crippen LogP contribution < -0.4 is 5.73 Å². The molecule has 2 heterocycles. The van der Waals surface area contributed by atoms with E-state index in [2.05, 4.69) is 15.1 Å². The average Bonchev–Trinajstić information content (AvgIpc) is 2.73. The third-order valence-electron chi connectivity index (χ3n) is 2.49. The van der Waals surface area contributed by atoms with Gasteiger partial charge in [0.15, 0.2) is 5.82 Å². The fourth-order valence-corrected chi connectivity index (χ4v) is 1.74. The van der Waals surface area contributed by atoms with Crippen LogP contribution >= 0.6 is 0 Å². The zero-order chi connectivity index (χ0) is 12.3. The minimum Gasteiger partial charge on any atom is -0.330 e. The molecule has 0 amide bonds. The quantitative estimate of drug-likeness (QED) is 0.857. The maximum Gasteiger partial charge on any atom is 0.157 e. The molecule has 0 aromatic carbocycles. The first kappa shape index (κ1) is 11.7. The molecule has 0 atom stereocenters. The lowest BCUT2D eigenvalue weighted by Gasteiger charge is -2.02. The van der Waals surface area contributed by atoms with Gasteiger partial charge < -0.3 is 5.73 Å². The second kappa shape index (κ2) is 5.05. The summed E-state index contributed by atoms with van der Waals surface area (Å²) in [4.78, 5) is 8.61. The summed E-state index contributed by atoms with van der Waals surface area (Å²) in [5.41, 5.74) is 7.62. The second-order valence-corrected chi connectivity index (χ2v) is 4.10. The molecule has 0 saturated heterocycles. The topological polar surface area (TPSA) is 69.6 Å². The first-order valence-corrected chi connectivity index (χ1v) is 5.75. The van der Waals surface area contributed by atoms with E-state index in [4.69, 9.17) is 5.73 Å². The maximum absolute atomic E-state index is 5.49. The van der Waals surface area contributed by atoms with Gasteiger partial charge in [-0.25, -0.2) is 14.6 Å². The highest BCUT2D eigenvalue weighted by Gasteiger charge is 2.04. The fraction of sp³-hybridized carbons (Fsp3) is 0.417. The Morgan fingerprint density at radius 1 is 1.29 bits per heavy atom. The second-order valence-electron chi connectivity index (χ2n) is 4.10. The molecule has 90 valence electrons. The van der Waals surface area contributed by atoms with Crippen molar-refractivity contribution in [3.63, 3.8) is 0 Å². The number of hydrogen-bond donors (Lipinski definition) is 1. The molecule has 2 aromatic heterocycles. The SMILES string of the molecule is Cc1cc(-n2cc(CCCN)cn2)nc(C)n1. The molecule has 0 saturated carbocycles. The summed E-state index contributed by atoms with van der Waals surface area (Å²) in [5.74, 6) is 1.58. The van der Waals surface area contributed by atoms with Crippen LogP contribution in [0.1, 0.15) is 23.5 Å². The molecule has 0 aliphatic rings. The smallest absolute Gasteiger partial charge is 0.157 e. The Kier molecular flexibility index (Phi) is 3.49. The van der Waals surface area contributed by atoms with Crippen LogP contribution in [0.4, 0.5) is 0 Å². The first-order chi connectivity index (χ1) is 8.19. The number of rotatable bonds is 4. The molecule has 0 aliphatic carbocycles. The van der Waals surface area contributed by atoms with Crippen molar-refractivity contribution in [2.45, 2.75) is 26.7 Å². The monoisotopic (exact) mass is 231 g/mol. The van der Waals surface area contributed by atoms with Crippen molar-refractivity contribution in [3.05, 3.63) is 35.5 Å². The van der Waals surface area contributed by atoms with E-state index in [0.29, 0.717) is 6.54 Å². The molecule has 2 N–H and O–H groups in total. The van der Waals surface area contributed by atoms with E-state index < -0.39 is 0 Å². The molecule has 17 heavy (non-hydrogen) atoms. The summed E-state index contributed by atoms with van der Waals surface area (Å²) < 4.78 is 1.79. The van der Waals surface area contributed by atoms with Crippen LogP contribution in [0, 0.1) is 13.8 Å². The highest BCUT2D eigenvalue weighted by atomic mass is 15.3. The van der Waals surface area contributed by atoms with E-state index in [-0.39, 0.29) is 0 Å². The van der Waals surface area contributed by atoms with E-state index in [1.165, 1.54) is 5.56 Å².